The van der Waals surface area contributed by atoms with Gasteiger partial charge in [-0.25, -0.2) is 0 Å². The van der Waals surface area contributed by atoms with Crippen LogP contribution in [0.1, 0.15) is 44.8 Å². The summed E-state index contributed by atoms with van der Waals surface area (Å²) in [6.07, 6.45) is 0.741. The molecule has 1 aliphatic heterocycles. The van der Waals surface area contributed by atoms with E-state index in [0.29, 0.717) is 29.4 Å². The van der Waals surface area contributed by atoms with Crippen molar-refractivity contribution in [3.63, 3.8) is 0 Å². The van der Waals surface area contributed by atoms with Crippen molar-refractivity contribution < 1.29 is 19.1 Å². The van der Waals surface area contributed by atoms with Crippen LogP contribution >= 0.6 is 11.8 Å². The molecule has 1 fully saturated rings. The SMILES string of the molecule is COc1ccc(C(=O)N2C(C(=O)NCCC(c3ccccc3)c3ccccc3)CSC2c2ccccc2)cc1OC. The Bertz CT molecular complexity index is 1410. The number of amides is 2. The molecule has 0 spiro atoms. The van der Waals surface area contributed by atoms with Crippen LogP contribution in [-0.2, 0) is 4.79 Å². The molecular weight excluding hydrogens is 532 g/mol. The fourth-order valence-corrected chi connectivity index (χ4v) is 6.73. The first-order valence-corrected chi connectivity index (χ1v) is 14.7. The highest BCUT2D eigenvalue weighted by Crippen LogP contribution is 2.43. The number of rotatable bonds is 10. The van der Waals surface area contributed by atoms with E-state index in [1.807, 2.05) is 66.7 Å². The number of nitrogens with zero attached hydrogens (tertiary/aromatic N) is 1. The van der Waals surface area contributed by atoms with E-state index in [-0.39, 0.29) is 23.1 Å². The number of methoxy groups -OCH3 is 2. The fourth-order valence-electron chi connectivity index (χ4n) is 5.30. The molecule has 4 aromatic carbocycles. The van der Waals surface area contributed by atoms with Crippen LogP contribution in [0, 0.1) is 0 Å². The number of carbonyl (C=O) groups is 2. The van der Waals surface area contributed by atoms with E-state index in [4.69, 9.17) is 9.47 Å². The van der Waals surface area contributed by atoms with Gasteiger partial charge in [0.2, 0.25) is 5.91 Å². The van der Waals surface area contributed by atoms with Crippen LogP contribution in [0.4, 0.5) is 0 Å². The van der Waals surface area contributed by atoms with E-state index in [1.54, 1.807) is 49.1 Å². The molecule has 1 heterocycles. The molecule has 0 radical (unpaired) electrons. The Morgan fingerprint density at radius 3 is 2.00 bits per heavy atom. The van der Waals surface area contributed by atoms with Gasteiger partial charge in [-0.15, -0.1) is 11.8 Å². The lowest BCUT2D eigenvalue weighted by Gasteiger charge is -2.29. The van der Waals surface area contributed by atoms with Gasteiger partial charge in [0.05, 0.1) is 14.2 Å². The third kappa shape index (κ3) is 6.41. The molecule has 2 amide bonds. The summed E-state index contributed by atoms with van der Waals surface area (Å²) in [4.78, 5) is 29.4. The molecule has 0 aliphatic carbocycles. The Morgan fingerprint density at radius 1 is 0.829 bits per heavy atom. The van der Waals surface area contributed by atoms with Crippen molar-refractivity contribution in [2.75, 3.05) is 26.5 Å². The Labute approximate surface area is 245 Å². The second-order valence-corrected chi connectivity index (χ2v) is 11.0. The van der Waals surface area contributed by atoms with Crippen molar-refractivity contribution in [2.45, 2.75) is 23.8 Å². The highest BCUT2D eigenvalue weighted by Gasteiger charge is 2.42. The summed E-state index contributed by atoms with van der Waals surface area (Å²) in [5.41, 5.74) is 3.84. The lowest BCUT2D eigenvalue weighted by Crippen LogP contribution is -2.48. The van der Waals surface area contributed by atoms with Crippen LogP contribution in [0.25, 0.3) is 0 Å². The summed E-state index contributed by atoms with van der Waals surface area (Å²) in [5, 5.41) is 2.87. The van der Waals surface area contributed by atoms with Crippen molar-refractivity contribution in [3.05, 3.63) is 131 Å². The van der Waals surface area contributed by atoms with Crippen molar-refractivity contribution in [1.29, 1.82) is 0 Å². The van der Waals surface area contributed by atoms with Gasteiger partial charge in [-0.05, 0) is 41.3 Å². The number of hydrogen-bond acceptors (Lipinski definition) is 5. The predicted octanol–water partition coefficient (Wildman–Crippen LogP) is 6.30. The molecular formula is C34H34N2O4S. The minimum absolute atomic E-state index is 0.148. The third-order valence-corrected chi connectivity index (χ3v) is 8.71. The molecule has 41 heavy (non-hydrogen) atoms. The third-order valence-electron chi connectivity index (χ3n) is 7.39. The second-order valence-electron chi connectivity index (χ2n) is 9.85. The Kier molecular flexibility index (Phi) is 9.26. The molecule has 0 aromatic heterocycles. The van der Waals surface area contributed by atoms with Crippen molar-refractivity contribution in [3.8, 4) is 11.5 Å². The highest BCUT2D eigenvalue weighted by atomic mass is 32.2. The zero-order chi connectivity index (χ0) is 28.6. The van der Waals surface area contributed by atoms with E-state index in [0.717, 1.165) is 12.0 Å². The quantitative estimate of drug-likeness (QED) is 0.244. The average Bonchev–Trinajstić information content (AvgIpc) is 3.49. The number of carbonyl (C=O) groups excluding carboxylic acids is 2. The van der Waals surface area contributed by atoms with Crippen molar-refractivity contribution in [1.82, 2.24) is 10.2 Å². The van der Waals surface area contributed by atoms with Crippen LogP contribution in [0.5, 0.6) is 11.5 Å². The Morgan fingerprint density at radius 2 is 1.41 bits per heavy atom. The molecule has 5 rings (SSSR count). The molecule has 1 saturated heterocycles. The van der Waals surface area contributed by atoms with Crippen molar-refractivity contribution >= 4 is 23.6 Å². The maximum atomic E-state index is 14.0. The van der Waals surface area contributed by atoms with Gasteiger partial charge in [-0.2, -0.15) is 0 Å². The first-order chi connectivity index (χ1) is 20.1. The smallest absolute Gasteiger partial charge is 0.255 e. The molecule has 2 unspecified atom stereocenters. The molecule has 4 aromatic rings. The number of benzene rings is 4. The average molecular weight is 567 g/mol. The minimum Gasteiger partial charge on any atom is -0.493 e. The van der Waals surface area contributed by atoms with E-state index in [2.05, 4.69) is 29.6 Å². The van der Waals surface area contributed by atoms with Gasteiger partial charge in [0.25, 0.3) is 5.91 Å². The molecule has 0 bridgehead atoms. The van der Waals surface area contributed by atoms with E-state index >= 15 is 0 Å². The van der Waals surface area contributed by atoms with E-state index in [9.17, 15) is 9.59 Å². The number of thioether (sulfide) groups is 1. The molecule has 210 valence electrons. The Balaban J connectivity index is 1.36. The number of ether oxygens (including phenoxy) is 2. The molecule has 1 N–H and O–H groups in total. The van der Waals surface area contributed by atoms with Crippen LogP contribution in [-0.4, -0.2) is 49.3 Å². The maximum absolute atomic E-state index is 14.0. The summed E-state index contributed by atoms with van der Waals surface area (Å²) in [6.45, 7) is 0.489. The molecule has 0 saturated carbocycles. The first-order valence-electron chi connectivity index (χ1n) is 13.7. The maximum Gasteiger partial charge on any atom is 0.255 e. The van der Waals surface area contributed by atoms with Gasteiger partial charge in [0.1, 0.15) is 11.4 Å². The van der Waals surface area contributed by atoms with Gasteiger partial charge >= 0.3 is 0 Å². The summed E-state index contributed by atoms with van der Waals surface area (Å²) in [7, 11) is 3.10. The van der Waals surface area contributed by atoms with Gasteiger partial charge in [-0.1, -0.05) is 91.0 Å². The van der Waals surface area contributed by atoms with Crippen molar-refractivity contribution in [2.24, 2.45) is 0 Å². The summed E-state index contributed by atoms with van der Waals surface area (Å²) < 4.78 is 10.8. The topological polar surface area (TPSA) is 67.9 Å². The summed E-state index contributed by atoms with van der Waals surface area (Å²) in [5.74, 6) is 1.29. The standard InChI is InChI=1S/C34H34N2O4S/c1-39-30-19-18-27(22-31(30)40-2)33(38)36-29(23-41-34(36)26-16-10-5-11-17-26)32(37)35-21-20-28(24-12-6-3-7-13-24)25-14-8-4-9-15-25/h3-19,22,28-29,34H,20-21,23H2,1-2H3,(H,35,37). The highest BCUT2D eigenvalue weighted by molar-refractivity contribution is 7.99. The lowest BCUT2D eigenvalue weighted by molar-refractivity contribution is -0.124. The summed E-state index contributed by atoms with van der Waals surface area (Å²) >= 11 is 1.60. The predicted molar refractivity (Wildman–Crippen MR) is 163 cm³/mol. The largest absolute Gasteiger partial charge is 0.493 e. The second kappa shape index (κ2) is 13.4. The zero-order valence-electron chi connectivity index (χ0n) is 23.2. The zero-order valence-corrected chi connectivity index (χ0v) is 24.1. The number of hydrogen-bond donors (Lipinski definition) is 1. The van der Waals surface area contributed by atoms with Crippen LogP contribution < -0.4 is 14.8 Å². The van der Waals surface area contributed by atoms with Crippen LogP contribution in [0.15, 0.2) is 109 Å². The fraction of sp³-hybridized carbons (Fsp3) is 0.235. The van der Waals surface area contributed by atoms with Gasteiger partial charge in [0.15, 0.2) is 11.5 Å². The summed E-state index contributed by atoms with van der Waals surface area (Å²) in [6, 6.07) is 35.0. The molecule has 2 atom stereocenters. The molecule has 6 nitrogen and oxygen atoms in total. The van der Waals surface area contributed by atoms with Gasteiger partial charge in [-0.3, -0.25) is 9.59 Å². The van der Waals surface area contributed by atoms with Crippen LogP contribution in [0.3, 0.4) is 0 Å². The van der Waals surface area contributed by atoms with E-state index < -0.39 is 6.04 Å². The normalized spacial score (nSPS) is 16.4. The van der Waals surface area contributed by atoms with Crippen LogP contribution in [0.2, 0.25) is 0 Å². The van der Waals surface area contributed by atoms with Gasteiger partial charge < -0.3 is 19.7 Å². The monoisotopic (exact) mass is 566 g/mol. The van der Waals surface area contributed by atoms with E-state index in [1.165, 1.54) is 11.1 Å². The number of nitrogens with one attached hydrogen (secondary N) is 1. The van der Waals surface area contributed by atoms with Gasteiger partial charge in [0, 0.05) is 23.8 Å². The molecule has 7 heteroatoms. The molecule has 1 aliphatic rings. The lowest BCUT2D eigenvalue weighted by atomic mass is 9.88. The first kappa shape index (κ1) is 28.3. The Hall–Kier alpha value is -4.23. The minimum atomic E-state index is -0.613.